The van der Waals surface area contributed by atoms with Crippen LogP contribution >= 0.6 is 22.6 Å². The van der Waals surface area contributed by atoms with Gasteiger partial charge in [0, 0.05) is 61.6 Å². The lowest BCUT2D eigenvalue weighted by molar-refractivity contribution is -0.119. The first-order valence-corrected chi connectivity index (χ1v) is 14.2. The fourth-order valence-corrected chi connectivity index (χ4v) is 6.96. The van der Waals surface area contributed by atoms with E-state index in [4.69, 9.17) is 20.6 Å². The highest BCUT2D eigenvalue weighted by atomic mass is 127. The van der Waals surface area contributed by atoms with E-state index < -0.39 is 5.92 Å². The second-order valence-corrected chi connectivity index (χ2v) is 13.2. The van der Waals surface area contributed by atoms with E-state index in [1.807, 2.05) is 12.1 Å². The largest absolute Gasteiger partial charge is 0.493 e. The molecule has 1 heterocycles. The summed E-state index contributed by atoms with van der Waals surface area (Å²) in [6.07, 6.45) is 8.70. The molecule has 204 valence electrons. The maximum Gasteiger partial charge on any atom is 0.175 e. The number of hydrogen-bond donors (Lipinski definition) is 0. The van der Waals surface area contributed by atoms with Gasteiger partial charge in [0.2, 0.25) is 0 Å². The third-order valence-corrected chi connectivity index (χ3v) is 8.44. The van der Waals surface area contributed by atoms with E-state index in [-0.39, 0.29) is 29.0 Å². The Morgan fingerprint density at radius 3 is 2.08 bits per heavy atom. The van der Waals surface area contributed by atoms with Gasteiger partial charge in [0.25, 0.3) is 0 Å². The summed E-state index contributed by atoms with van der Waals surface area (Å²) in [5.74, 6) is 3.41. The summed E-state index contributed by atoms with van der Waals surface area (Å²) in [7, 11) is 3.29. The molecule has 0 radical (unpaired) electrons. The number of ether oxygens (including phenoxy) is 3. The van der Waals surface area contributed by atoms with Gasteiger partial charge >= 0.3 is 0 Å². The molecule has 4 rings (SSSR count). The summed E-state index contributed by atoms with van der Waals surface area (Å²) >= 11 is 2.21. The minimum absolute atomic E-state index is 0.115. The van der Waals surface area contributed by atoms with Gasteiger partial charge in [-0.3, -0.25) is 9.59 Å². The monoisotopic (exact) mass is 631 g/mol. The van der Waals surface area contributed by atoms with Crippen LogP contribution in [0.1, 0.15) is 71.3 Å². The molecule has 38 heavy (non-hydrogen) atoms. The van der Waals surface area contributed by atoms with Crippen LogP contribution in [0.3, 0.4) is 0 Å². The van der Waals surface area contributed by atoms with Gasteiger partial charge in [-0.25, -0.2) is 0 Å². The normalized spacial score (nSPS) is 20.7. The van der Waals surface area contributed by atoms with Crippen molar-refractivity contribution >= 4 is 34.2 Å². The van der Waals surface area contributed by atoms with Crippen LogP contribution in [0.4, 0.5) is 0 Å². The number of Topliss-reactive ketones (excluding diaryl/α,β-unsaturated/α-hetero) is 2. The van der Waals surface area contributed by atoms with E-state index >= 15 is 0 Å². The summed E-state index contributed by atoms with van der Waals surface area (Å²) in [4.78, 5) is 30.2. The van der Waals surface area contributed by atoms with Crippen molar-refractivity contribution in [1.29, 1.82) is 0 Å². The third-order valence-electron chi connectivity index (χ3n) is 7.64. The number of allylic oxidation sites excluding steroid dienone is 4. The molecule has 0 bridgehead atoms. The molecule has 0 saturated carbocycles. The average molecular weight is 632 g/mol. The number of terminal acetylenes is 1. The standard InChI is InChI=1S/C31H38INO5/c1-8-11-38-29-20(32)13-19(14-25(29)37-7)26-27-21(15-30(2,3)17-23(27)34)33(10-9-12-36-6)22-16-31(4,5)18-24(35)28(22)26/h1,13-14,26H,9-12,15-18H2,2-7H3. The Morgan fingerprint density at radius 2 is 1.58 bits per heavy atom. The lowest BCUT2D eigenvalue weighted by Crippen LogP contribution is -2.44. The van der Waals surface area contributed by atoms with Crippen molar-refractivity contribution in [3.8, 4) is 23.8 Å². The van der Waals surface area contributed by atoms with Crippen molar-refractivity contribution in [3.63, 3.8) is 0 Å². The van der Waals surface area contributed by atoms with Crippen LogP contribution in [0.15, 0.2) is 34.7 Å². The second kappa shape index (κ2) is 11.1. The van der Waals surface area contributed by atoms with Crippen molar-refractivity contribution in [2.24, 2.45) is 10.8 Å². The molecule has 0 aromatic heterocycles. The Kier molecular flexibility index (Phi) is 8.34. The molecular formula is C31H38INO5. The van der Waals surface area contributed by atoms with Crippen LogP contribution in [0.5, 0.6) is 11.5 Å². The zero-order valence-corrected chi connectivity index (χ0v) is 25.5. The highest BCUT2D eigenvalue weighted by molar-refractivity contribution is 14.1. The van der Waals surface area contributed by atoms with E-state index in [0.29, 0.717) is 37.5 Å². The number of halogens is 1. The molecule has 0 spiro atoms. The van der Waals surface area contributed by atoms with E-state index in [2.05, 4.69) is 61.1 Å². The molecule has 1 aromatic carbocycles. The highest BCUT2D eigenvalue weighted by Crippen LogP contribution is 2.55. The molecule has 0 amide bonds. The van der Waals surface area contributed by atoms with Gasteiger partial charge in [-0.05, 0) is 70.4 Å². The third kappa shape index (κ3) is 5.53. The summed E-state index contributed by atoms with van der Waals surface area (Å²) < 4.78 is 17.7. The van der Waals surface area contributed by atoms with E-state index in [1.54, 1.807) is 14.2 Å². The maximum absolute atomic E-state index is 13.9. The molecule has 1 aliphatic heterocycles. The van der Waals surface area contributed by atoms with E-state index in [1.165, 1.54) is 0 Å². The molecule has 0 saturated heterocycles. The number of nitrogens with zero attached hydrogens (tertiary/aromatic N) is 1. The van der Waals surface area contributed by atoms with Gasteiger partial charge < -0.3 is 19.1 Å². The average Bonchev–Trinajstić information content (AvgIpc) is 2.81. The van der Waals surface area contributed by atoms with Gasteiger partial charge in [-0.15, -0.1) is 6.42 Å². The van der Waals surface area contributed by atoms with Crippen LogP contribution in [-0.4, -0.2) is 50.4 Å². The lowest BCUT2D eigenvalue weighted by atomic mass is 9.63. The minimum atomic E-state index is -0.435. The molecule has 0 fully saturated rings. The Hall–Kier alpha value is -2.31. The SMILES string of the molecule is C#CCOc1c(I)cc(C2C3=C(CC(C)(C)CC3=O)N(CCCOC)C3=C2C(=O)CC(C)(C)C3)cc1OC. The fourth-order valence-electron chi connectivity index (χ4n) is 6.18. The molecule has 0 atom stereocenters. The second-order valence-electron chi connectivity index (χ2n) is 12.1. The lowest BCUT2D eigenvalue weighted by Gasteiger charge is -2.49. The van der Waals surface area contributed by atoms with Crippen molar-refractivity contribution in [2.45, 2.75) is 65.7 Å². The van der Waals surface area contributed by atoms with Crippen molar-refractivity contribution in [3.05, 3.63) is 43.8 Å². The number of rotatable bonds is 8. The molecule has 2 aliphatic carbocycles. The molecule has 1 aromatic rings. The first-order valence-electron chi connectivity index (χ1n) is 13.2. The van der Waals surface area contributed by atoms with Crippen LogP contribution in [0.2, 0.25) is 0 Å². The van der Waals surface area contributed by atoms with Gasteiger partial charge in [-0.2, -0.15) is 0 Å². The molecule has 3 aliphatic rings. The topological polar surface area (TPSA) is 65.1 Å². The Bertz CT molecular complexity index is 1200. The predicted molar refractivity (Wildman–Crippen MR) is 156 cm³/mol. The minimum Gasteiger partial charge on any atom is -0.493 e. The maximum atomic E-state index is 13.9. The number of carbonyl (C=O) groups is 2. The highest BCUT2D eigenvalue weighted by Gasteiger charge is 2.49. The van der Waals surface area contributed by atoms with E-state index in [9.17, 15) is 9.59 Å². The molecule has 0 N–H and O–H groups in total. The summed E-state index contributed by atoms with van der Waals surface area (Å²) in [5, 5.41) is 0. The van der Waals surface area contributed by atoms with Crippen molar-refractivity contribution in [1.82, 2.24) is 4.90 Å². The predicted octanol–water partition coefficient (Wildman–Crippen LogP) is 6.03. The quantitative estimate of drug-likeness (QED) is 0.198. The van der Waals surface area contributed by atoms with Gasteiger partial charge in [0.15, 0.2) is 23.1 Å². The van der Waals surface area contributed by atoms with Gasteiger partial charge in [0.1, 0.15) is 6.61 Å². The molecular weight excluding hydrogens is 593 g/mol. The van der Waals surface area contributed by atoms with Crippen molar-refractivity contribution in [2.75, 3.05) is 34.0 Å². The van der Waals surface area contributed by atoms with Gasteiger partial charge in [-0.1, -0.05) is 33.6 Å². The summed E-state index contributed by atoms with van der Waals surface area (Å²) in [6.45, 7) is 10.1. The number of carbonyl (C=O) groups excluding carboxylic acids is 2. The fraction of sp³-hybridized carbons (Fsp3) is 0.548. The first-order chi connectivity index (χ1) is 17.9. The Morgan fingerprint density at radius 1 is 1.00 bits per heavy atom. The number of hydrogen-bond acceptors (Lipinski definition) is 6. The van der Waals surface area contributed by atoms with E-state index in [0.717, 1.165) is 50.9 Å². The number of benzene rings is 1. The Labute approximate surface area is 240 Å². The Balaban J connectivity index is 1.97. The smallest absolute Gasteiger partial charge is 0.175 e. The van der Waals surface area contributed by atoms with Crippen LogP contribution in [0.25, 0.3) is 0 Å². The van der Waals surface area contributed by atoms with Gasteiger partial charge in [0.05, 0.1) is 10.7 Å². The zero-order chi connectivity index (χ0) is 27.8. The van der Waals surface area contributed by atoms with Crippen LogP contribution in [0, 0.1) is 26.7 Å². The number of methoxy groups -OCH3 is 2. The summed E-state index contributed by atoms with van der Waals surface area (Å²) in [6, 6.07) is 3.92. The number of ketones is 2. The van der Waals surface area contributed by atoms with Crippen molar-refractivity contribution < 1.29 is 23.8 Å². The molecule has 0 unspecified atom stereocenters. The zero-order valence-electron chi connectivity index (χ0n) is 23.3. The van der Waals surface area contributed by atoms with Crippen LogP contribution < -0.4 is 9.47 Å². The van der Waals surface area contributed by atoms with Crippen LogP contribution in [-0.2, 0) is 14.3 Å². The first kappa shape index (κ1) is 28.7. The molecule has 6 nitrogen and oxygen atoms in total. The molecule has 7 heteroatoms. The summed E-state index contributed by atoms with van der Waals surface area (Å²) in [5.41, 5.74) is 4.16.